The van der Waals surface area contributed by atoms with Gasteiger partial charge in [0, 0.05) is 24.9 Å². The minimum atomic E-state index is -5.00. The molecule has 1 saturated carbocycles. The average Bonchev–Trinajstić information content (AvgIpc) is 3.06. The van der Waals surface area contributed by atoms with Crippen molar-refractivity contribution in [2.45, 2.75) is 57.2 Å². The normalized spacial score (nSPS) is 22.5. The van der Waals surface area contributed by atoms with Crippen molar-refractivity contribution in [1.29, 1.82) is 0 Å². The predicted octanol–water partition coefficient (Wildman–Crippen LogP) is 2.78. The number of carbonyl (C=O) groups is 1. The van der Waals surface area contributed by atoms with Gasteiger partial charge in [0.15, 0.2) is 0 Å². The summed E-state index contributed by atoms with van der Waals surface area (Å²) in [6.07, 6.45) is -3.21. The second-order valence-electron chi connectivity index (χ2n) is 5.72. The van der Waals surface area contributed by atoms with Crippen molar-refractivity contribution in [3.05, 3.63) is 11.8 Å². The number of rotatable bonds is 4. The summed E-state index contributed by atoms with van der Waals surface area (Å²) in [6.45, 7) is 3.86. The Balaban J connectivity index is 1.93. The summed E-state index contributed by atoms with van der Waals surface area (Å²) < 4.78 is 42.1. The lowest BCUT2D eigenvalue weighted by Gasteiger charge is -2.23. The zero-order chi connectivity index (χ0) is 16.5. The van der Waals surface area contributed by atoms with Crippen LogP contribution in [0.25, 0.3) is 0 Å². The maximum atomic E-state index is 12.2. The number of halogens is 3. The van der Waals surface area contributed by atoms with Crippen LogP contribution in [0.5, 0.6) is 0 Å². The van der Waals surface area contributed by atoms with E-state index in [1.165, 1.54) is 7.05 Å². The first-order valence-electron chi connectivity index (χ1n) is 7.03. The molecule has 1 fully saturated rings. The maximum Gasteiger partial charge on any atom is 0.492 e. The summed E-state index contributed by atoms with van der Waals surface area (Å²) in [7, 11) is 1.32. The molecule has 1 aromatic heterocycles. The molecule has 0 amide bonds. The third-order valence-corrected chi connectivity index (χ3v) is 3.68. The first kappa shape index (κ1) is 16.7. The highest BCUT2D eigenvalue weighted by Crippen LogP contribution is 2.36. The van der Waals surface area contributed by atoms with Crippen LogP contribution < -0.4 is 0 Å². The summed E-state index contributed by atoms with van der Waals surface area (Å²) in [5, 5.41) is 8.90. The van der Waals surface area contributed by atoms with Crippen LogP contribution in [0, 0.1) is 0 Å². The molecule has 9 heteroatoms. The van der Waals surface area contributed by atoms with Gasteiger partial charge in [-0.2, -0.15) is 13.2 Å². The monoisotopic (exact) mass is 321 g/mol. The second kappa shape index (κ2) is 6.23. The van der Waals surface area contributed by atoms with Crippen LogP contribution in [0.3, 0.4) is 0 Å². The zero-order valence-corrected chi connectivity index (χ0v) is 12.6. The van der Waals surface area contributed by atoms with Crippen LogP contribution in [0.15, 0.2) is 4.42 Å². The first-order valence-corrected chi connectivity index (χ1v) is 7.03. The molecule has 1 aromatic rings. The Morgan fingerprint density at radius 2 is 2.05 bits per heavy atom. The van der Waals surface area contributed by atoms with Crippen LogP contribution in [0.2, 0.25) is 0 Å². The van der Waals surface area contributed by atoms with Gasteiger partial charge in [-0.25, -0.2) is 4.79 Å². The quantitative estimate of drug-likeness (QED) is 0.794. The van der Waals surface area contributed by atoms with Gasteiger partial charge in [0.25, 0.3) is 0 Å². The van der Waals surface area contributed by atoms with Crippen molar-refractivity contribution in [2.75, 3.05) is 7.05 Å². The Hall–Kier alpha value is -1.64. The standard InChI is InChI=1S/C13H18F3N3O3/c1-7(2)10-17-18-11(21-10)8-4-5-9(6-8)19(3)22-12(20)13(14,15)16/h7-9H,4-6H2,1-3H3/t8-,9+/m0/s1. The predicted molar refractivity (Wildman–Crippen MR) is 68.7 cm³/mol. The lowest BCUT2D eigenvalue weighted by molar-refractivity contribution is -0.240. The van der Waals surface area contributed by atoms with E-state index in [2.05, 4.69) is 15.0 Å². The molecule has 0 N–H and O–H groups in total. The second-order valence-corrected chi connectivity index (χ2v) is 5.72. The molecule has 0 saturated heterocycles. The van der Waals surface area contributed by atoms with E-state index in [-0.39, 0.29) is 17.9 Å². The van der Waals surface area contributed by atoms with Gasteiger partial charge in [-0.15, -0.1) is 15.3 Å². The summed E-state index contributed by atoms with van der Waals surface area (Å²) >= 11 is 0. The van der Waals surface area contributed by atoms with Gasteiger partial charge in [-0.3, -0.25) is 0 Å². The maximum absolute atomic E-state index is 12.2. The van der Waals surface area contributed by atoms with Crippen LogP contribution in [0.4, 0.5) is 13.2 Å². The molecule has 1 aliphatic rings. The highest BCUT2D eigenvalue weighted by Gasteiger charge is 2.43. The number of hydrogen-bond donors (Lipinski definition) is 0. The molecule has 0 unspecified atom stereocenters. The minimum Gasteiger partial charge on any atom is -0.425 e. The Labute approximate surface area is 125 Å². The minimum absolute atomic E-state index is 0.0305. The first-order chi connectivity index (χ1) is 10.2. The van der Waals surface area contributed by atoms with E-state index in [0.29, 0.717) is 31.0 Å². The molecule has 1 heterocycles. The van der Waals surface area contributed by atoms with E-state index in [1.807, 2.05) is 13.8 Å². The van der Waals surface area contributed by atoms with E-state index in [0.717, 1.165) is 5.06 Å². The topological polar surface area (TPSA) is 68.5 Å². The Morgan fingerprint density at radius 3 is 2.59 bits per heavy atom. The van der Waals surface area contributed by atoms with Gasteiger partial charge in [0.1, 0.15) is 0 Å². The number of hydrogen-bond acceptors (Lipinski definition) is 6. The van der Waals surface area contributed by atoms with Gasteiger partial charge < -0.3 is 9.25 Å². The molecule has 2 atom stereocenters. The van der Waals surface area contributed by atoms with Gasteiger partial charge in [-0.1, -0.05) is 13.8 Å². The summed E-state index contributed by atoms with van der Waals surface area (Å²) in [5.41, 5.74) is 0. The van der Waals surface area contributed by atoms with Crippen molar-refractivity contribution < 1.29 is 27.2 Å². The third-order valence-electron chi connectivity index (χ3n) is 3.68. The largest absolute Gasteiger partial charge is 0.492 e. The Bertz CT molecular complexity index is 530. The molecule has 0 spiro atoms. The number of aromatic nitrogens is 2. The SMILES string of the molecule is CC(C)c1nnc([C@H]2CC[C@@H](N(C)OC(=O)C(F)(F)F)C2)o1. The van der Waals surface area contributed by atoms with E-state index in [1.54, 1.807) is 0 Å². The Kier molecular flexibility index (Phi) is 4.74. The zero-order valence-electron chi connectivity index (χ0n) is 12.6. The summed E-state index contributed by atoms with van der Waals surface area (Å²) in [5.74, 6) is -1.10. The van der Waals surface area contributed by atoms with E-state index in [9.17, 15) is 18.0 Å². The highest BCUT2D eigenvalue weighted by atomic mass is 19.4. The number of carbonyl (C=O) groups excluding carboxylic acids is 1. The number of hydroxylamine groups is 2. The van der Waals surface area contributed by atoms with Gasteiger partial charge in [0.05, 0.1) is 0 Å². The van der Waals surface area contributed by atoms with Crippen molar-refractivity contribution >= 4 is 5.97 Å². The molecule has 124 valence electrons. The fourth-order valence-electron chi connectivity index (χ4n) is 2.41. The highest BCUT2D eigenvalue weighted by molar-refractivity contribution is 5.75. The lowest BCUT2D eigenvalue weighted by Crippen LogP contribution is -2.37. The lowest BCUT2D eigenvalue weighted by atomic mass is 10.1. The van der Waals surface area contributed by atoms with E-state index >= 15 is 0 Å². The Morgan fingerprint density at radius 1 is 1.36 bits per heavy atom. The smallest absolute Gasteiger partial charge is 0.425 e. The van der Waals surface area contributed by atoms with Crippen molar-refractivity contribution in [3.8, 4) is 0 Å². The van der Waals surface area contributed by atoms with Crippen LogP contribution in [0.1, 0.15) is 56.7 Å². The molecule has 0 bridgehead atoms. The van der Waals surface area contributed by atoms with Crippen molar-refractivity contribution in [2.24, 2.45) is 0 Å². The van der Waals surface area contributed by atoms with Gasteiger partial charge >= 0.3 is 12.1 Å². The molecular weight excluding hydrogens is 303 g/mol. The third kappa shape index (κ3) is 3.76. The van der Waals surface area contributed by atoms with Crippen LogP contribution in [-0.4, -0.2) is 40.5 Å². The van der Waals surface area contributed by atoms with E-state index < -0.39 is 12.1 Å². The fourth-order valence-corrected chi connectivity index (χ4v) is 2.41. The molecular formula is C13H18F3N3O3. The van der Waals surface area contributed by atoms with Crippen LogP contribution in [-0.2, 0) is 9.63 Å². The molecule has 0 radical (unpaired) electrons. The van der Waals surface area contributed by atoms with Crippen molar-refractivity contribution in [1.82, 2.24) is 15.3 Å². The van der Waals surface area contributed by atoms with Gasteiger partial charge in [0.2, 0.25) is 11.8 Å². The number of alkyl halides is 3. The fraction of sp³-hybridized carbons (Fsp3) is 0.769. The number of nitrogens with zero attached hydrogens (tertiary/aromatic N) is 3. The molecule has 22 heavy (non-hydrogen) atoms. The summed E-state index contributed by atoms with van der Waals surface area (Å²) in [6, 6.07) is -0.300. The molecule has 0 aliphatic heterocycles. The molecule has 1 aliphatic carbocycles. The van der Waals surface area contributed by atoms with Crippen molar-refractivity contribution in [3.63, 3.8) is 0 Å². The van der Waals surface area contributed by atoms with Gasteiger partial charge in [-0.05, 0) is 19.3 Å². The van der Waals surface area contributed by atoms with E-state index in [4.69, 9.17) is 4.42 Å². The molecule has 2 rings (SSSR count). The summed E-state index contributed by atoms with van der Waals surface area (Å²) in [4.78, 5) is 15.2. The molecule has 0 aromatic carbocycles. The van der Waals surface area contributed by atoms with Crippen LogP contribution >= 0.6 is 0 Å². The molecule has 6 nitrogen and oxygen atoms in total. The average molecular weight is 321 g/mol.